The van der Waals surface area contributed by atoms with Crippen LogP contribution in [0, 0.1) is 20.2 Å². The third-order valence-electron chi connectivity index (χ3n) is 15.7. The van der Waals surface area contributed by atoms with E-state index in [4.69, 9.17) is 61.6 Å². The number of hydrogen-bond acceptors (Lipinski definition) is 21. The van der Waals surface area contributed by atoms with E-state index in [-0.39, 0.29) is 94.4 Å². The zero-order valence-corrected chi connectivity index (χ0v) is 50.3. The van der Waals surface area contributed by atoms with E-state index in [1.54, 1.807) is 60.7 Å². The van der Waals surface area contributed by atoms with Gasteiger partial charge in [-0.25, -0.2) is 19.2 Å². The topological polar surface area (TPSA) is 281 Å². The van der Waals surface area contributed by atoms with E-state index in [0.29, 0.717) is 99.0 Å². The molecule has 3 aliphatic rings. The average Bonchev–Trinajstić information content (AvgIpc) is 0.732. The van der Waals surface area contributed by atoms with Crippen molar-refractivity contribution in [3.63, 3.8) is 0 Å². The molecular formula is C65H62N4O21. The first-order valence-electron chi connectivity index (χ1n) is 28.1. The van der Waals surface area contributed by atoms with Gasteiger partial charge in [0.15, 0.2) is 23.0 Å². The number of nitro benzene ring substituents is 2. The fourth-order valence-electron chi connectivity index (χ4n) is 11.2. The second-order valence-corrected chi connectivity index (χ2v) is 20.7. The lowest BCUT2D eigenvalue weighted by Gasteiger charge is -2.36. The van der Waals surface area contributed by atoms with Crippen molar-refractivity contribution < 1.29 is 90.6 Å². The standard InChI is InChI=1S/C65H62N4O21/c1-78-43-16-13-39(53(26-43)80-3)32-86-62(70)38-15-18-45(46(23-38)63(71)87-33-40-14-17-44(79-2)27-54(40)81-4)61-47-21-36-11-9-19-66(64(72)88-34-41-24-57(82-5)59(84-7)30-51(41)68(74)75)49(36)28-55(47)90-56-29-50-37(22-48(56)61)12-10-20-67(50)65(73)89-35-42-25-58(83-6)60(85-8)31-52(42)69(76)77/h13-18,21-31,61H,9-12,19-20,32-35H2,1-8H3. The van der Waals surface area contributed by atoms with Crippen molar-refractivity contribution in [2.24, 2.45) is 0 Å². The maximum absolute atomic E-state index is 15.1. The van der Waals surface area contributed by atoms with Crippen molar-refractivity contribution in [3.05, 3.63) is 185 Å². The summed E-state index contributed by atoms with van der Waals surface area (Å²) >= 11 is 0. The van der Waals surface area contributed by atoms with Crippen LogP contribution in [0.4, 0.5) is 32.3 Å². The van der Waals surface area contributed by atoms with Gasteiger partial charge in [0.25, 0.3) is 11.4 Å². The van der Waals surface area contributed by atoms with Crippen LogP contribution in [0.3, 0.4) is 0 Å². The van der Waals surface area contributed by atoms with Gasteiger partial charge in [0, 0.05) is 65.5 Å². The Hall–Kier alpha value is -11.0. The molecule has 25 nitrogen and oxygen atoms in total. The normalized spacial score (nSPS) is 12.9. The van der Waals surface area contributed by atoms with Crippen LogP contribution in [0.15, 0.2) is 103 Å². The molecule has 3 aliphatic heterocycles. The van der Waals surface area contributed by atoms with Crippen molar-refractivity contribution in [2.75, 3.05) is 79.8 Å². The van der Waals surface area contributed by atoms with E-state index < -0.39 is 53.1 Å². The van der Waals surface area contributed by atoms with Crippen molar-refractivity contribution in [3.8, 4) is 57.5 Å². The summed E-state index contributed by atoms with van der Waals surface area (Å²) in [4.78, 5) is 84.0. The number of amides is 2. The van der Waals surface area contributed by atoms with Crippen LogP contribution < -0.4 is 52.4 Å². The van der Waals surface area contributed by atoms with E-state index >= 15 is 4.79 Å². The van der Waals surface area contributed by atoms with E-state index in [2.05, 4.69) is 0 Å². The predicted molar refractivity (Wildman–Crippen MR) is 322 cm³/mol. The molecule has 10 rings (SSSR count). The molecule has 0 spiro atoms. The first-order chi connectivity index (χ1) is 43.5. The Labute approximate surface area is 515 Å². The van der Waals surface area contributed by atoms with Gasteiger partial charge in [-0.1, -0.05) is 6.07 Å². The molecule has 0 unspecified atom stereocenters. The zero-order chi connectivity index (χ0) is 63.9. The van der Waals surface area contributed by atoms with Gasteiger partial charge in [-0.15, -0.1) is 0 Å². The lowest BCUT2D eigenvalue weighted by Crippen LogP contribution is -2.36. The quantitative estimate of drug-likeness (QED) is 0.0280. The first-order valence-corrected chi connectivity index (χ1v) is 28.1. The van der Waals surface area contributed by atoms with Crippen molar-refractivity contribution in [1.82, 2.24) is 0 Å². The monoisotopic (exact) mass is 1230 g/mol. The predicted octanol–water partition coefficient (Wildman–Crippen LogP) is 11.8. The van der Waals surface area contributed by atoms with Gasteiger partial charge in [-0.3, -0.25) is 30.0 Å². The van der Waals surface area contributed by atoms with E-state index in [9.17, 15) is 34.6 Å². The number of methoxy groups -OCH3 is 8. The minimum absolute atomic E-state index is 0.00346. The summed E-state index contributed by atoms with van der Waals surface area (Å²) in [5.41, 5.74) is 4.08. The number of nitro groups is 2. The maximum Gasteiger partial charge on any atom is 0.414 e. The molecule has 90 heavy (non-hydrogen) atoms. The highest BCUT2D eigenvalue weighted by Gasteiger charge is 2.38. The van der Waals surface area contributed by atoms with Crippen LogP contribution in [0.1, 0.15) is 89.5 Å². The molecule has 3 heterocycles. The van der Waals surface area contributed by atoms with Crippen LogP contribution in [-0.2, 0) is 58.2 Å². The largest absolute Gasteiger partial charge is 0.497 e. The smallest absolute Gasteiger partial charge is 0.414 e. The summed E-state index contributed by atoms with van der Waals surface area (Å²) in [7, 11) is 11.4. The molecule has 7 aromatic rings. The molecule has 0 atom stereocenters. The summed E-state index contributed by atoms with van der Waals surface area (Å²) in [5.74, 6) is 0.402. The molecule has 0 fully saturated rings. The number of rotatable bonds is 21. The number of carbonyl (C=O) groups excluding carboxylic acids is 4. The number of nitrogens with zero attached hydrogens (tertiary/aromatic N) is 4. The number of hydrogen-bond donors (Lipinski definition) is 0. The second-order valence-electron chi connectivity index (χ2n) is 20.7. The van der Waals surface area contributed by atoms with Gasteiger partial charge in [0.05, 0.1) is 112 Å². The molecular weight excluding hydrogens is 1170 g/mol. The minimum Gasteiger partial charge on any atom is -0.497 e. The summed E-state index contributed by atoms with van der Waals surface area (Å²) in [6.45, 7) is -1.10. The van der Waals surface area contributed by atoms with Gasteiger partial charge in [-0.2, -0.15) is 0 Å². The van der Waals surface area contributed by atoms with E-state index in [1.807, 2.05) is 12.1 Å². The minimum atomic E-state index is -0.882. The highest BCUT2D eigenvalue weighted by Crippen LogP contribution is 2.53. The third-order valence-corrected chi connectivity index (χ3v) is 15.7. The molecule has 0 saturated heterocycles. The number of aryl methyl sites for hydroxylation is 2. The SMILES string of the molecule is COc1ccc(COC(=O)c2ccc(C3c4cc5c(cc4Oc4cc6c(cc43)CCCN6C(=O)OCc3cc(OC)c(OC)cc3[N+](=O)[O-])N(C(=O)OCc3cc(OC)c(OC)cc3[N+](=O)[O-])CCC5)c(C(=O)OCc3ccc(OC)cc3OC)c2)c(OC)c1. The van der Waals surface area contributed by atoms with Crippen LogP contribution in [0.25, 0.3) is 0 Å². The molecule has 0 bridgehead atoms. The average molecular weight is 1240 g/mol. The highest BCUT2D eigenvalue weighted by atomic mass is 16.6. The number of carbonyl (C=O) groups is 4. The molecule has 7 aromatic carbocycles. The summed E-state index contributed by atoms with van der Waals surface area (Å²) in [5, 5.41) is 24.4. The fraction of sp³-hybridized carbons (Fsp3) is 0.292. The second kappa shape index (κ2) is 27.0. The van der Waals surface area contributed by atoms with Crippen molar-refractivity contribution >= 4 is 46.9 Å². The number of benzene rings is 7. The van der Waals surface area contributed by atoms with Crippen LogP contribution in [0.2, 0.25) is 0 Å². The van der Waals surface area contributed by atoms with Crippen molar-refractivity contribution in [2.45, 2.75) is 58.0 Å². The lowest BCUT2D eigenvalue weighted by molar-refractivity contribution is -0.386. The van der Waals surface area contributed by atoms with Gasteiger partial charge >= 0.3 is 24.1 Å². The van der Waals surface area contributed by atoms with Crippen LogP contribution >= 0.6 is 0 Å². The van der Waals surface area contributed by atoms with E-state index in [0.717, 1.165) is 0 Å². The van der Waals surface area contributed by atoms with Gasteiger partial charge in [-0.05, 0) is 103 Å². The van der Waals surface area contributed by atoms with Gasteiger partial charge < -0.3 is 61.6 Å². The molecule has 0 aromatic heterocycles. The first kappa shape index (κ1) is 62.1. The Morgan fingerprint density at radius 2 is 0.878 bits per heavy atom. The zero-order valence-electron chi connectivity index (χ0n) is 50.3. The maximum atomic E-state index is 15.1. The van der Waals surface area contributed by atoms with E-state index in [1.165, 1.54) is 97.0 Å². The summed E-state index contributed by atoms with van der Waals surface area (Å²) < 4.78 is 73.8. The molecule has 0 radical (unpaired) electrons. The van der Waals surface area contributed by atoms with Gasteiger partial charge in [0.1, 0.15) is 60.9 Å². The Bertz CT molecular complexity index is 3820. The number of esters is 2. The Morgan fingerprint density at radius 3 is 1.30 bits per heavy atom. The van der Waals surface area contributed by atoms with Gasteiger partial charge in [0.2, 0.25) is 0 Å². The number of fused-ring (bicyclic) bond motifs is 4. The fourth-order valence-corrected chi connectivity index (χ4v) is 11.2. The van der Waals surface area contributed by atoms with Crippen molar-refractivity contribution in [1.29, 1.82) is 0 Å². The number of anilines is 2. The van der Waals surface area contributed by atoms with Crippen LogP contribution in [0.5, 0.6) is 57.5 Å². The highest BCUT2D eigenvalue weighted by molar-refractivity contribution is 5.98. The van der Waals surface area contributed by atoms with Crippen LogP contribution in [-0.4, -0.2) is 104 Å². The summed E-state index contributed by atoms with van der Waals surface area (Å²) in [6, 6.07) is 26.9. The summed E-state index contributed by atoms with van der Waals surface area (Å²) in [6.07, 6.45) is 0.266. The molecule has 25 heteroatoms. The molecule has 2 amide bonds. The molecule has 0 N–H and O–H groups in total. The number of ether oxygens (including phenoxy) is 13. The molecule has 0 aliphatic carbocycles. The lowest BCUT2D eigenvalue weighted by atomic mass is 9.78. The Kier molecular flexibility index (Phi) is 18.6. The molecule has 0 saturated carbocycles. The third kappa shape index (κ3) is 12.6. The Balaban J connectivity index is 1.07. The molecule has 468 valence electrons. The Morgan fingerprint density at radius 1 is 0.456 bits per heavy atom.